The summed E-state index contributed by atoms with van der Waals surface area (Å²) in [7, 11) is 0. The van der Waals surface area contributed by atoms with Crippen molar-refractivity contribution in [2.45, 2.75) is 47.0 Å². The van der Waals surface area contributed by atoms with Crippen LogP contribution >= 0.6 is 0 Å². The monoisotopic (exact) mass is 219 g/mol. The summed E-state index contributed by atoms with van der Waals surface area (Å²) in [5, 5.41) is 0. The Hall–Kier alpha value is -1.18. The van der Waals surface area contributed by atoms with Gasteiger partial charge in [0.05, 0.1) is 0 Å². The smallest absolute Gasteiger partial charge is 0.170 e. The summed E-state index contributed by atoms with van der Waals surface area (Å²) < 4.78 is 0. The molecule has 1 aromatic rings. The lowest BCUT2D eigenvalue weighted by molar-refractivity contribution is 0.0855. The summed E-state index contributed by atoms with van der Waals surface area (Å²) in [6.07, 6.45) is 3.44. The molecule has 0 aliphatic carbocycles. The number of rotatable bonds is 1. The maximum atomic E-state index is 12.3. The molecule has 2 nitrogen and oxygen atoms in total. The van der Waals surface area contributed by atoms with Crippen LogP contribution in [0.1, 0.15) is 57.5 Å². The fourth-order valence-corrected chi connectivity index (χ4v) is 1.63. The number of hydrogen-bond acceptors (Lipinski definition) is 2. The van der Waals surface area contributed by atoms with E-state index in [1.165, 1.54) is 0 Å². The minimum Gasteiger partial charge on any atom is -0.294 e. The van der Waals surface area contributed by atoms with Gasteiger partial charge in [-0.3, -0.25) is 9.78 Å². The number of carbonyl (C=O) groups is 1. The van der Waals surface area contributed by atoms with Crippen LogP contribution in [-0.2, 0) is 5.41 Å². The van der Waals surface area contributed by atoms with Gasteiger partial charge in [-0.1, -0.05) is 41.5 Å². The second kappa shape index (κ2) is 4.00. The molecule has 1 heterocycles. The van der Waals surface area contributed by atoms with E-state index in [1.807, 2.05) is 26.8 Å². The van der Waals surface area contributed by atoms with Crippen molar-refractivity contribution in [2.75, 3.05) is 0 Å². The zero-order valence-corrected chi connectivity index (χ0v) is 11.1. The minimum absolute atomic E-state index is 0.0286. The van der Waals surface area contributed by atoms with Gasteiger partial charge in [0, 0.05) is 23.4 Å². The van der Waals surface area contributed by atoms with Crippen molar-refractivity contribution in [3.8, 4) is 0 Å². The van der Waals surface area contributed by atoms with Crippen LogP contribution in [0.4, 0.5) is 0 Å². The molecule has 0 aliphatic rings. The normalized spacial score (nSPS) is 12.6. The van der Waals surface area contributed by atoms with Crippen LogP contribution in [0.3, 0.4) is 0 Å². The number of Topliss-reactive ketones (excluding diaryl/α,β-unsaturated/α-hetero) is 1. The first-order chi connectivity index (χ1) is 7.14. The zero-order valence-electron chi connectivity index (χ0n) is 11.1. The topological polar surface area (TPSA) is 30.0 Å². The molecular formula is C14H21NO. The highest BCUT2D eigenvalue weighted by Gasteiger charge is 2.28. The van der Waals surface area contributed by atoms with Crippen LogP contribution in [0, 0.1) is 5.41 Å². The summed E-state index contributed by atoms with van der Waals surface area (Å²) >= 11 is 0. The molecule has 0 spiro atoms. The van der Waals surface area contributed by atoms with E-state index in [0.717, 1.165) is 11.1 Å². The van der Waals surface area contributed by atoms with E-state index in [2.05, 4.69) is 25.8 Å². The predicted molar refractivity (Wildman–Crippen MR) is 66.7 cm³/mol. The Morgan fingerprint density at radius 1 is 1.12 bits per heavy atom. The van der Waals surface area contributed by atoms with Gasteiger partial charge in [0.1, 0.15) is 0 Å². The standard InChI is InChI=1S/C14H21NO/c1-13(2,3)11-7-8-15-9-10(11)12(16)14(4,5)6/h7-9H,1-6H3. The third-order valence-electron chi connectivity index (χ3n) is 2.55. The van der Waals surface area contributed by atoms with E-state index >= 15 is 0 Å². The molecule has 1 rings (SSSR count). The van der Waals surface area contributed by atoms with Gasteiger partial charge in [-0.2, -0.15) is 0 Å². The van der Waals surface area contributed by atoms with Crippen molar-refractivity contribution in [1.29, 1.82) is 0 Å². The first-order valence-corrected chi connectivity index (χ1v) is 5.63. The van der Waals surface area contributed by atoms with Crippen LogP contribution in [-0.4, -0.2) is 10.8 Å². The van der Waals surface area contributed by atoms with E-state index in [-0.39, 0.29) is 16.6 Å². The average molecular weight is 219 g/mol. The molecule has 2 heteroatoms. The molecule has 16 heavy (non-hydrogen) atoms. The van der Waals surface area contributed by atoms with Crippen molar-refractivity contribution in [3.63, 3.8) is 0 Å². The van der Waals surface area contributed by atoms with Crippen LogP contribution in [0.25, 0.3) is 0 Å². The zero-order chi connectivity index (χ0) is 12.6. The molecule has 0 bridgehead atoms. The van der Waals surface area contributed by atoms with Crippen molar-refractivity contribution in [3.05, 3.63) is 29.6 Å². The fourth-order valence-electron chi connectivity index (χ4n) is 1.63. The van der Waals surface area contributed by atoms with Crippen LogP contribution in [0.2, 0.25) is 0 Å². The Balaban J connectivity index is 3.31. The van der Waals surface area contributed by atoms with Crippen LogP contribution < -0.4 is 0 Å². The number of aromatic nitrogens is 1. The van der Waals surface area contributed by atoms with E-state index in [9.17, 15) is 4.79 Å². The minimum atomic E-state index is -0.358. The summed E-state index contributed by atoms with van der Waals surface area (Å²) in [6.45, 7) is 12.2. The Labute approximate surface area is 98.1 Å². The van der Waals surface area contributed by atoms with Gasteiger partial charge in [-0.15, -0.1) is 0 Å². The first-order valence-electron chi connectivity index (χ1n) is 5.63. The van der Waals surface area contributed by atoms with E-state index < -0.39 is 0 Å². The van der Waals surface area contributed by atoms with Gasteiger partial charge >= 0.3 is 0 Å². The Bertz CT molecular complexity index is 394. The van der Waals surface area contributed by atoms with Gasteiger partial charge in [0.2, 0.25) is 0 Å². The highest BCUT2D eigenvalue weighted by Crippen LogP contribution is 2.29. The molecule has 0 saturated carbocycles. The highest BCUT2D eigenvalue weighted by atomic mass is 16.1. The average Bonchev–Trinajstić information content (AvgIpc) is 2.14. The van der Waals surface area contributed by atoms with Gasteiger partial charge in [-0.25, -0.2) is 0 Å². The van der Waals surface area contributed by atoms with Gasteiger partial charge in [0.25, 0.3) is 0 Å². The van der Waals surface area contributed by atoms with E-state index in [1.54, 1.807) is 12.4 Å². The molecule has 0 amide bonds. The van der Waals surface area contributed by atoms with Crippen LogP contribution in [0.5, 0.6) is 0 Å². The summed E-state index contributed by atoms with van der Waals surface area (Å²) in [6, 6.07) is 1.94. The Morgan fingerprint density at radius 2 is 1.69 bits per heavy atom. The molecule has 0 N–H and O–H groups in total. The third-order valence-corrected chi connectivity index (χ3v) is 2.55. The number of ketones is 1. The molecule has 0 fully saturated rings. The molecule has 0 saturated heterocycles. The molecule has 88 valence electrons. The first kappa shape index (κ1) is 12.9. The summed E-state index contributed by atoms with van der Waals surface area (Å²) in [4.78, 5) is 16.4. The lowest BCUT2D eigenvalue weighted by Crippen LogP contribution is -2.25. The summed E-state index contributed by atoms with van der Waals surface area (Å²) in [5.41, 5.74) is 1.44. The molecule has 0 aromatic carbocycles. The van der Waals surface area contributed by atoms with Gasteiger partial charge in [-0.05, 0) is 17.0 Å². The SMILES string of the molecule is CC(C)(C)C(=O)c1cnccc1C(C)(C)C. The Kier molecular flexibility index (Phi) is 3.22. The number of carbonyl (C=O) groups excluding carboxylic acids is 1. The second-order valence-corrected chi connectivity index (χ2v) is 6.25. The molecular weight excluding hydrogens is 198 g/mol. The number of hydrogen-bond donors (Lipinski definition) is 0. The van der Waals surface area contributed by atoms with Crippen molar-refractivity contribution < 1.29 is 4.79 Å². The van der Waals surface area contributed by atoms with Crippen LogP contribution in [0.15, 0.2) is 18.5 Å². The maximum Gasteiger partial charge on any atom is 0.170 e. The van der Waals surface area contributed by atoms with E-state index in [0.29, 0.717) is 0 Å². The number of nitrogens with zero attached hydrogens (tertiary/aromatic N) is 1. The van der Waals surface area contributed by atoms with E-state index in [4.69, 9.17) is 0 Å². The molecule has 0 radical (unpaired) electrons. The largest absolute Gasteiger partial charge is 0.294 e. The second-order valence-electron chi connectivity index (χ2n) is 6.25. The predicted octanol–water partition coefficient (Wildman–Crippen LogP) is 3.61. The lowest BCUT2D eigenvalue weighted by Gasteiger charge is -2.25. The molecule has 1 aromatic heterocycles. The summed E-state index contributed by atoms with van der Waals surface area (Å²) in [5.74, 6) is 0.158. The maximum absolute atomic E-state index is 12.3. The number of pyridine rings is 1. The Morgan fingerprint density at radius 3 is 2.12 bits per heavy atom. The fraction of sp³-hybridized carbons (Fsp3) is 0.571. The van der Waals surface area contributed by atoms with Crippen molar-refractivity contribution >= 4 is 5.78 Å². The molecule has 0 atom stereocenters. The van der Waals surface area contributed by atoms with Crippen molar-refractivity contribution in [2.24, 2.45) is 5.41 Å². The van der Waals surface area contributed by atoms with Gasteiger partial charge < -0.3 is 0 Å². The highest BCUT2D eigenvalue weighted by molar-refractivity contribution is 6.01. The quantitative estimate of drug-likeness (QED) is 0.675. The lowest BCUT2D eigenvalue weighted by atomic mass is 9.78. The van der Waals surface area contributed by atoms with Crippen molar-refractivity contribution in [1.82, 2.24) is 4.98 Å². The molecule has 0 aliphatic heterocycles. The molecule has 0 unspecified atom stereocenters. The van der Waals surface area contributed by atoms with Gasteiger partial charge in [0.15, 0.2) is 5.78 Å². The third kappa shape index (κ3) is 2.69.